The maximum atomic E-state index is 12.9. The summed E-state index contributed by atoms with van der Waals surface area (Å²) in [4.78, 5) is 28.0. The number of amides is 3. The van der Waals surface area contributed by atoms with E-state index in [4.69, 9.17) is 0 Å². The number of nitrogens with zero attached hydrogens (tertiary/aromatic N) is 1. The van der Waals surface area contributed by atoms with Gasteiger partial charge >= 0.3 is 6.03 Å². The van der Waals surface area contributed by atoms with Crippen LogP contribution < -0.4 is 16.0 Å². The van der Waals surface area contributed by atoms with Crippen LogP contribution in [0.3, 0.4) is 0 Å². The number of benzene rings is 2. The maximum absolute atomic E-state index is 12.9. The van der Waals surface area contributed by atoms with Crippen molar-refractivity contribution in [1.29, 1.82) is 0 Å². The molecule has 0 fully saturated rings. The second-order valence-electron chi connectivity index (χ2n) is 5.08. The van der Waals surface area contributed by atoms with E-state index in [0.29, 0.717) is 11.4 Å². The van der Waals surface area contributed by atoms with Crippen molar-refractivity contribution in [2.45, 2.75) is 0 Å². The Morgan fingerprint density at radius 2 is 1.35 bits per heavy atom. The molecular formula is C17H12F2N4O2S. The zero-order valence-electron chi connectivity index (χ0n) is 13.1. The third kappa shape index (κ3) is 4.61. The summed E-state index contributed by atoms with van der Waals surface area (Å²) in [7, 11) is 0. The summed E-state index contributed by atoms with van der Waals surface area (Å²) >= 11 is 1.07. The van der Waals surface area contributed by atoms with E-state index in [1.807, 2.05) is 0 Å². The highest BCUT2D eigenvalue weighted by atomic mass is 32.1. The molecule has 0 unspecified atom stereocenters. The molecule has 0 aliphatic carbocycles. The number of aromatic nitrogens is 1. The second kappa shape index (κ2) is 7.70. The molecule has 3 N–H and O–H groups in total. The fraction of sp³-hybridized carbons (Fsp3) is 0. The van der Waals surface area contributed by atoms with Crippen molar-refractivity contribution in [3.63, 3.8) is 0 Å². The number of thiazole rings is 1. The van der Waals surface area contributed by atoms with E-state index in [1.54, 1.807) is 0 Å². The molecule has 1 aromatic heterocycles. The van der Waals surface area contributed by atoms with Crippen molar-refractivity contribution < 1.29 is 18.4 Å². The van der Waals surface area contributed by atoms with Crippen molar-refractivity contribution in [3.05, 3.63) is 71.2 Å². The summed E-state index contributed by atoms with van der Waals surface area (Å²) in [6.45, 7) is 0. The van der Waals surface area contributed by atoms with Gasteiger partial charge in [0.05, 0.1) is 0 Å². The third-order valence-corrected chi connectivity index (χ3v) is 3.92. The summed E-state index contributed by atoms with van der Waals surface area (Å²) in [5.74, 6) is -1.30. The first-order valence-corrected chi connectivity index (χ1v) is 8.23. The molecule has 9 heteroatoms. The van der Waals surface area contributed by atoms with Crippen molar-refractivity contribution >= 4 is 39.8 Å². The lowest BCUT2D eigenvalue weighted by atomic mass is 10.3. The van der Waals surface area contributed by atoms with Crippen LogP contribution in [0.1, 0.15) is 10.5 Å². The first-order chi connectivity index (χ1) is 12.5. The first-order valence-electron chi connectivity index (χ1n) is 7.35. The molecule has 2 aromatic carbocycles. The molecule has 0 saturated carbocycles. The van der Waals surface area contributed by atoms with Crippen LogP contribution in [-0.4, -0.2) is 16.9 Å². The summed E-state index contributed by atoms with van der Waals surface area (Å²) in [5, 5.41) is 9.27. The fourth-order valence-electron chi connectivity index (χ4n) is 1.96. The summed E-state index contributed by atoms with van der Waals surface area (Å²) in [6.07, 6.45) is 0. The molecule has 0 saturated heterocycles. The van der Waals surface area contributed by atoms with Gasteiger partial charge in [0.1, 0.15) is 17.3 Å². The maximum Gasteiger partial charge on any atom is 0.325 e. The van der Waals surface area contributed by atoms with Gasteiger partial charge in [-0.15, -0.1) is 11.3 Å². The Hall–Kier alpha value is -3.33. The number of urea groups is 1. The number of carbonyl (C=O) groups is 2. The Morgan fingerprint density at radius 1 is 0.808 bits per heavy atom. The average Bonchev–Trinajstić information content (AvgIpc) is 3.07. The quantitative estimate of drug-likeness (QED) is 0.636. The zero-order chi connectivity index (χ0) is 18.5. The van der Waals surface area contributed by atoms with Crippen LogP contribution in [0.5, 0.6) is 0 Å². The number of anilines is 3. The Bertz CT molecular complexity index is 927. The molecule has 0 bridgehead atoms. The van der Waals surface area contributed by atoms with E-state index in [2.05, 4.69) is 20.9 Å². The largest absolute Gasteiger partial charge is 0.325 e. The van der Waals surface area contributed by atoms with E-state index in [-0.39, 0.29) is 10.8 Å². The summed E-state index contributed by atoms with van der Waals surface area (Å²) < 4.78 is 25.7. The molecule has 1 heterocycles. The molecule has 0 spiro atoms. The van der Waals surface area contributed by atoms with Gasteiger partial charge in [-0.25, -0.2) is 18.6 Å². The molecule has 132 valence electrons. The monoisotopic (exact) mass is 374 g/mol. The number of halogens is 2. The highest BCUT2D eigenvalue weighted by molar-refractivity contribution is 7.14. The molecule has 0 aliphatic rings. The van der Waals surface area contributed by atoms with E-state index in [9.17, 15) is 18.4 Å². The van der Waals surface area contributed by atoms with Gasteiger partial charge in [-0.05, 0) is 48.5 Å². The molecule has 3 amide bonds. The second-order valence-corrected chi connectivity index (χ2v) is 5.94. The van der Waals surface area contributed by atoms with Crippen LogP contribution in [0.15, 0.2) is 53.9 Å². The summed E-state index contributed by atoms with van der Waals surface area (Å²) in [5.41, 5.74) is 0.944. The fourth-order valence-corrected chi connectivity index (χ4v) is 2.64. The Morgan fingerprint density at radius 3 is 1.92 bits per heavy atom. The molecule has 26 heavy (non-hydrogen) atoms. The molecular weight excluding hydrogens is 362 g/mol. The van der Waals surface area contributed by atoms with Crippen LogP contribution >= 0.6 is 11.3 Å². The lowest BCUT2D eigenvalue weighted by Gasteiger charge is -2.05. The van der Waals surface area contributed by atoms with Crippen LogP contribution in [0.25, 0.3) is 0 Å². The topological polar surface area (TPSA) is 83.1 Å². The van der Waals surface area contributed by atoms with Crippen LogP contribution in [0.2, 0.25) is 0 Å². The molecule has 3 aromatic rings. The Labute approximate surface area is 150 Å². The smallest absolute Gasteiger partial charge is 0.321 e. The minimum atomic E-state index is -0.573. The van der Waals surface area contributed by atoms with Gasteiger partial charge in [-0.2, -0.15) is 0 Å². The number of carbonyl (C=O) groups excluding carboxylic acids is 2. The highest BCUT2D eigenvalue weighted by Gasteiger charge is 2.13. The zero-order valence-corrected chi connectivity index (χ0v) is 13.9. The molecule has 0 atom stereocenters. The van der Waals surface area contributed by atoms with E-state index >= 15 is 0 Å². The number of nitrogens with one attached hydrogen (secondary N) is 3. The van der Waals surface area contributed by atoms with Crippen molar-refractivity contribution in [1.82, 2.24) is 4.98 Å². The van der Waals surface area contributed by atoms with Crippen LogP contribution in [-0.2, 0) is 0 Å². The molecule has 6 nitrogen and oxygen atoms in total. The molecule has 0 aliphatic heterocycles. The van der Waals surface area contributed by atoms with Crippen molar-refractivity contribution in [3.8, 4) is 0 Å². The van der Waals surface area contributed by atoms with Gasteiger partial charge in [0, 0.05) is 16.8 Å². The number of hydrogen-bond donors (Lipinski definition) is 3. The standard InChI is InChI=1S/C17H12F2N4O2S/c18-10-1-5-12(6-2-10)20-15(24)14-9-26-17(22-14)23-16(25)21-13-7-3-11(19)4-8-13/h1-9H,(H,20,24)(H2,21,22,23,25). The molecule has 0 radical (unpaired) electrons. The number of rotatable bonds is 4. The highest BCUT2D eigenvalue weighted by Crippen LogP contribution is 2.18. The van der Waals surface area contributed by atoms with Gasteiger partial charge in [0.25, 0.3) is 5.91 Å². The predicted molar refractivity (Wildman–Crippen MR) is 95.5 cm³/mol. The van der Waals surface area contributed by atoms with Gasteiger partial charge in [-0.1, -0.05) is 0 Å². The average molecular weight is 374 g/mol. The van der Waals surface area contributed by atoms with E-state index in [1.165, 1.54) is 53.9 Å². The van der Waals surface area contributed by atoms with Gasteiger partial charge < -0.3 is 10.6 Å². The number of hydrogen-bond acceptors (Lipinski definition) is 4. The minimum absolute atomic E-state index is 0.108. The van der Waals surface area contributed by atoms with E-state index in [0.717, 1.165) is 11.3 Å². The summed E-state index contributed by atoms with van der Waals surface area (Å²) in [6, 6.07) is 10.00. The van der Waals surface area contributed by atoms with Crippen molar-refractivity contribution in [2.75, 3.05) is 16.0 Å². The first kappa shape index (κ1) is 17.5. The minimum Gasteiger partial charge on any atom is -0.321 e. The van der Waals surface area contributed by atoms with Crippen LogP contribution in [0, 0.1) is 11.6 Å². The van der Waals surface area contributed by atoms with Crippen molar-refractivity contribution in [2.24, 2.45) is 0 Å². The SMILES string of the molecule is O=C(Nc1ccc(F)cc1)Nc1nc(C(=O)Nc2ccc(F)cc2)cs1. The van der Waals surface area contributed by atoms with Gasteiger partial charge in [0.15, 0.2) is 5.13 Å². The molecule has 3 rings (SSSR count). The Kier molecular flexibility index (Phi) is 5.18. The van der Waals surface area contributed by atoms with E-state index < -0.39 is 23.6 Å². The lowest BCUT2D eigenvalue weighted by molar-refractivity contribution is 0.102. The third-order valence-electron chi connectivity index (χ3n) is 3.16. The van der Waals surface area contributed by atoms with Gasteiger partial charge in [-0.3, -0.25) is 10.1 Å². The predicted octanol–water partition coefficient (Wildman–Crippen LogP) is 4.32. The van der Waals surface area contributed by atoms with Crippen LogP contribution in [0.4, 0.5) is 30.1 Å². The van der Waals surface area contributed by atoms with Gasteiger partial charge in [0.2, 0.25) is 0 Å². The normalized spacial score (nSPS) is 10.2. The Balaban J connectivity index is 1.58. The lowest BCUT2D eigenvalue weighted by Crippen LogP contribution is -2.19.